The largest absolute Gasteiger partial charge is 0.485 e. The summed E-state index contributed by atoms with van der Waals surface area (Å²) >= 11 is 6.47. The minimum Gasteiger partial charge on any atom is -0.485 e. The van der Waals surface area contributed by atoms with Gasteiger partial charge in [-0.2, -0.15) is 13.2 Å². The van der Waals surface area contributed by atoms with Gasteiger partial charge in [-0.3, -0.25) is 4.79 Å². The SMILES string of the molecule is CC(Oc1c(C(=O)NC2CCCC2)cc(Cl)c2ccccc12)c1ccc(C(F)(F)F)cc1. The van der Waals surface area contributed by atoms with Crippen LogP contribution in [0.15, 0.2) is 54.6 Å². The zero-order valence-electron chi connectivity index (χ0n) is 17.5. The number of benzene rings is 3. The maximum atomic E-state index is 13.1. The maximum absolute atomic E-state index is 13.1. The van der Waals surface area contributed by atoms with Crippen LogP contribution in [0.5, 0.6) is 5.75 Å². The van der Waals surface area contributed by atoms with Crippen LogP contribution >= 0.6 is 11.6 Å². The van der Waals surface area contributed by atoms with Crippen LogP contribution in [0.2, 0.25) is 5.02 Å². The van der Waals surface area contributed by atoms with Crippen molar-refractivity contribution in [3.05, 3.63) is 76.3 Å². The third kappa shape index (κ3) is 4.70. The lowest BCUT2D eigenvalue weighted by Gasteiger charge is -2.21. The van der Waals surface area contributed by atoms with Crippen molar-refractivity contribution in [3.63, 3.8) is 0 Å². The molecule has 3 nitrogen and oxygen atoms in total. The van der Waals surface area contributed by atoms with Crippen LogP contribution in [0.4, 0.5) is 13.2 Å². The van der Waals surface area contributed by atoms with E-state index in [0.717, 1.165) is 43.2 Å². The molecular weight excluding hydrogens is 439 g/mol. The standard InChI is InChI=1S/C25H23ClF3NO2/c1-15(16-10-12-17(13-11-16)25(27,28)29)32-23-20-9-5-4-8-19(20)22(26)14-21(23)24(31)30-18-6-2-3-7-18/h4-5,8-15,18H,2-3,6-7H2,1H3,(H,30,31). The molecule has 1 amide bonds. The molecule has 1 aliphatic carbocycles. The maximum Gasteiger partial charge on any atom is 0.416 e. The molecule has 0 spiro atoms. The molecular formula is C25H23ClF3NO2. The summed E-state index contributed by atoms with van der Waals surface area (Å²) in [6.45, 7) is 1.74. The van der Waals surface area contributed by atoms with Gasteiger partial charge in [0.2, 0.25) is 0 Å². The summed E-state index contributed by atoms with van der Waals surface area (Å²) in [7, 11) is 0. The van der Waals surface area contributed by atoms with Gasteiger partial charge < -0.3 is 10.1 Å². The lowest BCUT2D eigenvalue weighted by Crippen LogP contribution is -2.33. The van der Waals surface area contributed by atoms with Crippen molar-refractivity contribution >= 4 is 28.3 Å². The molecule has 3 aromatic rings. The highest BCUT2D eigenvalue weighted by Gasteiger charge is 2.30. The third-order valence-corrected chi connectivity index (χ3v) is 6.19. The molecule has 1 atom stereocenters. The predicted octanol–water partition coefficient (Wildman–Crippen LogP) is 7.32. The van der Waals surface area contributed by atoms with Crippen LogP contribution in [0.3, 0.4) is 0 Å². The number of fused-ring (bicyclic) bond motifs is 1. The van der Waals surface area contributed by atoms with Crippen LogP contribution in [0.25, 0.3) is 10.8 Å². The van der Waals surface area contributed by atoms with Crippen molar-refractivity contribution in [1.29, 1.82) is 0 Å². The number of nitrogens with one attached hydrogen (secondary N) is 1. The van der Waals surface area contributed by atoms with E-state index in [1.165, 1.54) is 12.1 Å². The fourth-order valence-corrected chi connectivity index (χ4v) is 4.40. The van der Waals surface area contributed by atoms with Crippen LogP contribution in [-0.4, -0.2) is 11.9 Å². The van der Waals surface area contributed by atoms with E-state index in [-0.39, 0.29) is 11.9 Å². The van der Waals surface area contributed by atoms with Crippen LogP contribution in [-0.2, 0) is 6.18 Å². The summed E-state index contributed by atoms with van der Waals surface area (Å²) in [4.78, 5) is 13.1. The molecule has 0 radical (unpaired) electrons. The molecule has 1 N–H and O–H groups in total. The summed E-state index contributed by atoms with van der Waals surface area (Å²) < 4.78 is 44.9. The Hall–Kier alpha value is -2.73. The summed E-state index contributed by atoms with van der Waals surface area (Å²) in [5.41, 5.74) is 0.167. The highest BCUT2D eigenvalue weighted by Crippen LogP contribution is 2.38. The second-order valence-corrected chi connectivity index (χ2v) is 8.52. The number of halogens is 4. The number of hydrogen-bond donors (Lipinski definition) is 1. The van der Waals surface area contributed by atoms with E-state index >= 15 is 0 Å². The number of amides is 1. The minimum absolute atomic E-state index is 0.118. The van der Waals surface area contributed by atoms with Crippen molar-refractivity contribution in [2.45, 2.75) is 50.9 Å². The first-order chi connectivity index (χ1) is 15.2. The topological polar surface area (TPSA) is 38.3 Å². The highest BCUT2D eigenvalue weighted by atomic mass is 35.5. The van der Waals surface area contributed by atoms with E-state index in [0.29, 0.717) is 27.3 Å². The normalized spacial score (nSPS) is 15.7. The van der Waals surface area contributed by atoms with Crippen LogP contribution in [0.1, 0.15) is 60.2 Å². The summed E-state index contributed by atoms with van der Waals surface area (Å²) in [6, 6.07) is 13.9. The number of carbonyl (C=O) groups excluding carboxylic acids is 1. The van der Waals surface area contributed by atoms with Gasteiger partial charge in [-0.05, 0) is 43.5 Å². The number of rotatable bonds is 5. The van der Waals surface area contributed by atoms with Gasteiger partial charge in [0.25, 0.3) is 5.91 Å². The summed E-state index contributed by atoms with van der Waals surface area (Å²) in [6.07, 6.45) is -0.952. The molecule has 3 aromatic carbocycles. The number of carbonyl (C=O) groups is 1. The van der Waals surface area contributed by atoms with Crippen molar-refractivity contribution in [2.75, 3.05) is 0 Å². The molecule has 0 aliphatic heterocycles. The van der Waals surface area contributed by atoms with E-state index in [1.807, 2.05) is 24.3 Å². The molecule has 4 rings (SSSR count). The minimum atomic E-state index is -4.40. The van der Waals surface area contributed by atoms with Crippen molar-refractivity contribution in [3.8, 4) is 5.75 Å². The Kier molecular flexibility index (Phi) is 6.33. The van der Waals surface area contributed by atoms with Gasteiger partial charge in [0.05, 0.1) is 11.1 Å². The second kappa shape index (κ2) is 9.02. The van der Waals surface area contributed by atoms with Gasteiger partial charge in [-0.15, -0.1) is 0 Å². The van der Waals surface area contributed by atoms with Gasteiger partial charge in [0.1, 0.15) is 11.9 Å². The molecule has 0 heterocycles. The first kappa shape index (κ1) is 22.5. The van der Waals surface area contributed by atoms with Crippen LogP contribution < -0.4 is 10.1 Å². The molecule has 1 fully saturated rings. The van der Waals surface area contributed by atoms with E-state index in [1.54, 1.807) is 13.0 Å². The Bertz CT molecular complexity index is 1120. The zero-order chi connectivity index (χ0) is 22.9. The summed E-state index contributed by atoms with van der Waals surface area (Å²) in [5.74, 6) is 0.104. The molecule has 1 unspecified atom stereocenters. The van der Waals surface area contributed by atoms with Crippen LogP contribution in [0, 0.1) is 0 Å². The Balaban J connectivity index is 1.69. The smallest absolute Gasteiger partial charge is 0.416 e. The lowest BCUT2D eigenvalue weighted by molar-refractivity contribution is -0.137. The molecule has 0 bridgehead atoms. The monoisotopic (exact) mass is 461 g/mol. The van der Waals surface area contributed by atoms with E-state index < -0.39 is 17.8 Å². The molecule has 0 aromatic heterocycles. The first-order valence-electron chi connectivity index (χ1n) is 10.6. The highest BCUT2D eigenvalue weighted by molar-refractivity contribution is 6.36. The Labute approximate surface area is 189 Å². The van der Waals surface area contributed by atoms with Crippen molar-refractivity contribution < 1.29 is 22.7 Å². The quantitative estimate of drug-likeness (QED) is 0.432. The average Bonchev–Trinajstić information content (AvgIpc) is 3.28. The van der Waals surface area contributed by atoms with E-state index in [2.05, 4.69) is 5.32 Å². The third-order valence-electron chi connectivity index (χ3n) is 5.88. The van der Waals surface area contributed by atoms with Crippen molar-refractivity contribution in [1.82, 2.24) is 5.32 Å². The molecule has 168 valence electrons. The molecule has 1 aliphatic rings. The molecule has 0 saturated heterocycles. The molecule has 1 saturated carbocycles. The molecule has 7 heteroatoms. The lowest BCUT2D eigenvalue weighted by atomic mass is 10.0. The van der Waals surface area contributed by atoms with E-state index in [9.17, 15) is 18.0 Å². The Morgan fingerprint density at radius 1 is 1.06 bits per heavy atom. The van der Waals surface area contributed by atoms with Gasteiger partial charge in [-0.25, -0.2) is 0 Å². The Morgan fingerprint density at radius 2 is 1.69 bits per heavy atom. The number of alkyl halides is 3. The summed E-state index contributed by atoms with van der Waals surface area (Å²) in [5, 5.41) is 4.91. The van der Waals surface area contributed by atoms with Gasteiger partial charge in [0.15, 0.2) is 0 Å². The second-order valence-electron chi connectivity index (χ2n) is 8.12. The number of ether oxygens (including phenoxy) is 1. The fraction of sp³-hybridized carbons (Fsp3) is 0.320. The van der Waals surface area contributed by atoms with Gasteiger partial charge in [-0.1, -0.05) is 60.8 Å². The molecule has 32 heavy (non-hydrogen) atoms. The fourth-order valence-electron chi connectivity index (χ4n) is 4.12. The Morgan fingerprint density at radius 3 is 2.31 bits per heavy atom. The average molecular weight is 462 g/mol. The van der Waals surface area contributed by atoms with E-state index in [4.69, 9.17) is 16.3 Å². The zero-order valence-corrected chi connectivity index (χ0v) is 18.3. The predicted molar refractivity (Wildman–Crippen MR) is 119 cm³/mol. The van der Waals surface area contributed by atoms with Gasteiger partial charge >= 0.3 is 6.18 Å². The van der Waals surface area contributed by atoms with Crippen molar-refractivity contribution in [2.24, 2.45) is 0 Å². The first-order valence-corrected chi connectivity index (χ1v) is 11.0. The van der Waals surface area contributed by atoms with Gasteiger partial charge in [0, 0.05) is 21.8 Å². The number of hydrogen-bond acceptors (Lipinski definition) is 2.